The summed E-state index contributed by atoms with van der Waals surface area (Å²) in [6.07, 6.45) is 8.96. The Labute approximate surface area is 118 Å². The molecule has 1 amide bonds. The molecular formula is C16H17N3O. The van der Waals surface area contributed by atoms with Crippen molar-refractivity contribution in [2.75, 3.05) is 0 Å². The maximum atomic E-state index is 12.0. The summed E-state index contributed by atoms with van der Waals surface area (Å²) in [7, 11) is 1.85. The number of aryl methyl sites for hydroxylation is 2. The summed E-state index contributed by atoms with van der Waals surface area (Å²) in [6.45, 7) is 0. The first-order valence-electron chi connectivity index (χ1n) is 6.77. The average Bonchev–Trinajstić information content (AvgIpc) is 3.04. The van der Waals surface area contributed by atoms with E-state index in [1.54, 1.807) is 23.0 Å². The number of amides is 1. The van der Waals surface area contributed by atoms with Crippen LogP contribution in [0.5, 0.6) is 0 Å². The van der Waals surface area contributed by atoms with Gasteiger partial charge in [-0.15, -0.1) is 0 Å². The normalized spacial score (nSPS) is 17.4. The summed E-state index contributed by atoms with van der Waals surface area (Å²) in [4.78, 5) is 12.0. The molecule has 4 nitrogen and oxygen atoms in total. The molecule has 1 heterocycles. The predicted molar refractivity (Wildman–Crippen MR) is 77.9 cm³/mol. The SMILES string of the molecule is Cn1cc(/C=C/C(=O)NC2CCc3ccccc32)cn1. The van der Waals surface area contributed by atoms with Gasteiger partial charge in [0.2, 0.25) is 5.91 Å². The first-order chi connectivity index (χ1) is 9.72. The second-order valence-electron chi connectivity index (χ2n) is 5.08. The smallest absolute Gasteiger partial charge is 0.244 e. The lowest BCUT2D eigenvalue weighted by atomic mass is 10.1. The van der Waals surface area contributed by atoms with E-state index in [1.807, 2.05) is 25.4 Å². The maximum absolute atomic E-state index is 12.0. The van der Waals surface area contributed by atoms with Crippen LogP contribution in [0.15, 0.2) is 42.7 Å². The molecule has 4 heteroatoms. The molecule has 0 radical (unpaired) electrons. The van der Waals surface area contributed by atoms with E-state index >= 15 is 0 Å². The fourth-order valence-electron chi connectivity index (χ4n) is 2.63. The van der Waals surface area contributed by atoms with Gasteiger partial charge in [0.15, 0.2) is 0 Å². The van der Waals surface area contributed by atoms with Gasteiger partial charge in [0.25, 0.3) is 0 Å². The lowest BCUT2D eigenvalue weighted by Crippen LogP contribution is -2.25. The van der Waals surface area contributed by atoms with Crippen molar-refractivity contribution in [1.29, 1.82) is 0 Å². The first-order valence-corrected chi connectivity index (χ1v) is 6.77. The third kappa shape index (κ3) is 2.64. The third-order valence-corrected chi connectivity index (χ3v) is 3.60. The highest BCUT2D eigenvalue weighted by Crippen LogP contribution is 2.30. The van der Waals surface area contributed by atoms with Crippen LogP contribution in [-0.2, 0) is 18.3 Å². The number of rotatable bonds is 3. The molecule has 1 aromatic heterocycles. The molecule has 0 aliphatic heterocycles. The Hall–Kier alpha value is -2.36. The molecule has 0 fully saturated rings. The van der Waals surface area contributed by atoms with Crippen molar-refractivity contribution in [3.05, 3.63) is 59.4 Å². The molecule has 1 atom stereocenters. The second kappa shape index (κ2) is 5.33. The van der Waals surface area contributed by atoms with Gasteiger partial charge in [-0.1, -0.05) is 24.3 Å². The van der Waals surface area contributed by atoms with Gasteiger partial charge in [0.05, 0.1) is 12.2 Å². The Morgan fingerprint density at radius 2 is 2.30 bits per heavy atom. The topological polar surface area (TPSA) is 46.9 Å². The quantitative estimate of drug-likeness (QED) is 0.867. The number of carbonyl (C=O) groups is 1. The molecule has 3 rings (SSSR count). The van der Waals surface area contributed by atoms with Gasteiger partial charge in [-0.2, -0.15) is 5.10 Å². The number of hydrogen-bond acceptors (Lipinski definition) is 2. The van der Waals surface area contributed by atoms with Crippen LogP contribution >= 0.6 is 0 Å². The van der Waals surface area contributed by atoms with Crippen molar-refractivity contribution < 1.29 is 4.79 Å². The fraction of sp³-hybridized carbons (Fsp3) is 0.250. The maximum Gasteiger partial charge on any atom is 0.244 e. The van der Waals surface area contributed by atoms with Crippen molar-refractivity contribution >= 4 is 12.0 Å². The minimum atomic E-state index is -0.0597. The monoisotopic (exact) mass is 267 g/mol. The Kier molecular flexibility index (Phi) is 3.37. The van der Waals surface area contributed by atoms with Crippen LogP contribution in [0.1, 0.15) is 29.2 Å². The van der Waals surface area contributed by atoms with E-state index in [2.05, 4.69) is 22.5 Å². The molecule has 0 saturated heterocycles. The lowest BCUT2D eigenvalue weighted by molar-refractivity contribution is -0.117. The molecule has 0 saturated carbocycles. The van der Waals surface area contributed by atoms with Crippen molar-refractivity contribution in [1.82, 2.24) is 15.1 Å². The predicted octanol–water partition coefficient (Wildman–Crippen LogP) is 2.24. The van der Waals surface area contributed by atoms with Crippen LogP contribution in [0.2, 0.25) is 0 Å². The molecule has 1 aliphatic rings. The summed E-state index contributed by atoms with van der Waals surface area (Å²) in [6, 6.07) is 8.43. The molecule has 0 bridgehead atoms. The highest BCUT2D eigenvalue weighted by Gasteiger charge is 2.22. The Bertz CT molecular complexity index is 657. The van der Waals surface area contributed by atoms with E-state index in [4.69, 9.17) is 0 Å². The van der Waals surface area contributed by atoms with Gasteiger partial charge in [-0.25, -0.2) is 0 Å². The van der Waals surface area contributed by atoms with E-state index < -0.39 is 0 Å². The molecule has 1 N–H and O–H groups in total. The fourth-order valence-corrected chi connectivity index (χ4v) is 2.63. The number of benzene rings is 1. The van der Waals surface area contributed by atoms with Gasteiger partial charge in [-0.05, 0) is 30.0 Å². The van der Waals surface area contributed by atoms with Gasteiger partial charge < -0.3 is 5.32 Å². The number of fused-ring (bicyclic) bond motifs is 1. The van der Waals surface area contributed by atoms with Crippen LogP contribution in [0, 0.1) is 0 Å². The molecular weight excluding hydrogens is 250 g/mol. The van der Waals surface area contributed by atoms with Crippen molar-refractivity contribution in [2.45, 2.75) is 18.9 Å². The van der Waals surface area contributed by atoms with Crippen LogP contribution in [0.3, 0.4) is 0 Å². The van der Waals surface area contributed by atoms with E-state index in [-0.39, 0.29) is 11.9 Å². The van der Waals surface area contributed by atoms with Crippen LogP contribution in [0.4, 0.5) is 0 Å². The highest BCUT2D eigenvalue weighted by molar-refractivity contribution is 5.92. The highest BCUT2D eigenvalue weighted by atomic mass is 16.1. The minimum Gasteiger partial charge on any atom is -0.346 e. The average molecular weight is 267 g/mol. The zero-order chi connectivity index (χ0) is 13.9. The van der Waals surface area contributed by atoms with Crippen molar-refractivity contribution in [3.8, 4) is 0 Å². The molecule has 1 aliphatic carbocycles. The number of nitrogens with zero attached hydrogens (tertiary/aromatic N) is 2. The zero-order valence-electron chi connectivity index (χ0n) is 11.4. The largest absolute Gasteiger partial charge is 0.346 e. The van der Waals surface area contributed by atoms with Crippen molar-refractivity contribution in [3.63, 3.8) is 0 Å². The first kappa shape index (κ1) is 12.7. The second-order valence-corrected chi connectivity index (χ2v) is 5.08. The lowest BCUT2D eigenvalue weighted by Gasteiger charge is -2.12. The van der Waals surface area contributed by atoms with E-state index in [0.717, 1.165) is 18.4 Å². The summed E-state index contributed by atoms with van der Waals surface area (Å²) in [5.41, 5.74) is 3.51. The number of nitrogens with one attached hydrogen (secondary N) is 1. The van der Waals surface area contributed by atoms with E-state index in [0.29, 0.717) is 0 Å². The summed E-state index contributed by atoms with van der Waals surface area (Å²) < 4.78 is 1.71. The molecule has 102 valence electrons. The molecule has 1 unspecified atom stereocenters. The van der Waals surface area contributed by atoms with Gasteiger partial charge >= 0.3 is 0 Å². The van der Waals surface area contributed by atoms with Crippen LogP contribution in [0.25, 0.3) is 6.08 Å². The molecule has 2 aromatic rings. The number of aromatic nitrogens is 2. The number of hydrogen-bond donors (Lipinski definition) is 1. The van der Waals surface area contributed by atoms with E-state index in [9.17, 15) is 4.79 Å². The summed E-state index contributed by atoms with van der Waals surface area (Å²) in [5.74, 6) is -0.0597. The Morgan fingerprint density at radius 3 is 3.10 bits per heavy atom. The number of carbonyl (C=O) groups excluding carboxylic acids is 1. The summed E-state index contributed by atoms with van der Waals surface area (Å²) >= 11 is 0. The van der Waals surface area contributed by atoms with Crippen LogP contribution < -0.4 is 5.32 Å². The Balaban J connectivity index is 1.64. The Morgan fingerprint density at radius 1 is 1.45 bits per heavy atom. The van der Waals surface area contributed by atoms with E-state index in [1.165, 1.54) is 11.1 Å². The minimum absolute atomic E-state index is 0.0597. The zero-order valence-corrected chi connectivity index (χ0v) is 11.4. The van der Waals surface area contributed by atoms with Gasteiger partial charge in [0.1, 0.15) is 0 Å². The van der Waals surface area contributed by atoms with Crippen molar-refractivity contribution in [2.24, 2.45) is 7.05 Å². The summed E-state index contributed by atoms with van der Waals surface area (Å²) in [5, 5.41) is 7.12. The van der Waals surface area contributed by atoms with Gasteiger partial charge in [-0.3, -0.25) is 9.48 Å². The standard InChI is InChI=1S/C16H17N3O/c1-19-11-12(10-17-19)6-9-16(20)18-15-8-7-13-4-2-3-5-14(13)15/h2-6,9-11,15H,7-8H2,1H3,(H,18,20)/b9-6+. The van der Waals surface area contributed by atoms with Crippen LogP contribution in [-0.4, -0.2) is 15.7 Å². The third-order valence-electron chi connectivity index (χ3n) is 3.60. The van der Waals surface area contributed by atoms with Gasteiger partial charge in [0, 0.05) is 24.9 Å². The molecule has 0 spiro atoms. The molecule has 20 heavy (non-hydrogen) atoms. The molecule has 1 aromatic carbocycles.